The number of ether oxygens (including phenoxy) is 1. The van der Waals surface area contributed by atoms with Gasteiger partial charge in [0.25, 0.3) is 11.8 Å². The Morgan fingerprint density at radius 1 is 1.45 bits per heavy atom. The van der Waals surface area contributed by atoms with Gasteiger partial charge in [0.2, 0.25) is 0 Å². The van der Waals surface area contributed by atoms with Crippen LogP contribution in [-0.4, -0.2) is 68.8 Å². The van der Waals surface area contributed by atoms with Gasteiger partial charge in [-0.1, -0.05) is 10.4 Å². The van der Waals surface area contributed by atoms with Crippen molar-refractivity contribution >= 4 is 11.8 Å². The molecule has 0 bridgehead atoms. The summed E-state index contributed by atoms with van der Waals surface area (Å²) in [5.41, 5.74) is 0.840. The zero-order valence-electron chi connectivity index (χ0n) is 16.9. The Bertz CT molecular complexity index is 880. The van der Waals surface area contributed by atoms with Crippen LogP contribution in [0.1, 0.15) is 52.6 Å². The maximum Gasteiger partial charge on any atom is 0.276 e. The molecule has 0 radical (unpaired) electrons. The first-order valence-electron chi connectivity index (χ1n) is 9.40. The van der Waals surface area contributed by atoms with Gasteiger partial charge in [0, 0.05) is 19.6 Å². The highest BCUT2D eigenvalue weighted by molar-refractivity contribution is 5.94. The summed E-state index contributed by atoms with van der Waals surface area (Å²) >= 11 is 0. The molecule has 2 atom stereocenters. The van der Waals surface area contributed by atoms with Gasteiger partial charge < -0.3 is 19.5 Å². The highest BCUT2D eigenvalue weighted by atomic mass is 19.1. The number of carbonyl (C=O) groups is 2. The minimum Gasteiger partial charge on any atom is -0.380 e. The van der Waals surface area contributed by atoms with Crippen LogP contribution in [0.2, 0.25) is 0 Å². The van der Waals surface area contributed by atoms with E-state index in [4.69, 9.17) is 9.26 Å². The first-order valence-corrected chi connectivity index (χ1v) is 9.40. The van der Waals surface area contributed by atoms with Gasteiger partial charge in [0.15, 0.2) is 11.4 Å². The van der Waals surface area contributed by atoms with Crippen LogP contribution in [0.5, 0.6) is 0 Å². The van der Waals surface area contributed by atoms with E-state index in [0.717, 1.165) is 0 Å². The molecule has 2 aromatic heterocycles. The number of amides is 2. The third-order valence-corrected chi connectivity index (χ3v) is 4.69. The molecule has 10 nitrogen and oxygen atoms in total. The predicted octanol–water partition coefficient (Wildman–Crippen LogP) is 1.11. The lowest BCUT2D eigenvalue weighted by atomic mass is 10.1. The lowest BCUT2D eigenvalue weighted by Crippen LogP contribution is -2.39. The SMILES string of the molecule is COCc1c(C(=O)N2C[C@@H](F)C[C@H]2Cn2cc(C(=O)NC(C)C)nn2)noc1C. The molecule has 1 N–H and O–H groups in total. The van der Waals surface area contributed by atoms with Gasteiger partial charge in [-0.05, 0) is 20.8 Å². The van der Waals surface area contributed by atoms with Crippen molar-refractivity contribution in [1.82, 2.24) is 30.4 Å². The van der Waals surface area contributed by atoms with E-state index in [1.165, 1.54) is 22.9 Å². The zero-order chi connectivity index (χ0) is 21.1. The predicted molar refractivity (Wildman–Crippen MR) is 98.9 cm³/mol. The van der Waals surface area contributed by atoms with E-state index in [9.17, 15) is 14.0 Å². The van der Waals surface area contributed by atoms with Crippen LogP contribution in [0, 0.1) is 6.92 Å². The topological polar surface area (TPSA) is 115 Å². The molecule has 0 unspecified atom stereocenters. The summed E-state index contributed by atoms with van der Waals surface area (Å²) in [6, 6.07) is -0.484. The number of methoxy groups -OCH3 is 1. The number of aromatic nitrogens is 4. The van der Waals surface area contributed by atoms with E-state index in [0.29, 0.717) is 11.3 Å². The van der Waals surface area contributed by atoms with Crippen molar-refractivity contribution in [3.63, 3.8) is 0 Å². The minimum absolute atomic E-state index is 0.0323. The first-order chi connectivity index (χ1) is 13.8. The number of halogens is 1. The van der Waals surface area contributed by atoms with Gasteiger partial charge in [-0.2, -0.15) is 0 Å². The van der Waals surface area contributed by atoms with E-state index in [1.54, 1.807) is 6.92 Å². The molecule has 3 rings (SSSR count). The van der Waals surface area contributed by atoms with Crippen molar-refractivity contribution in [3.8, 4) is 0 Å². The number of likely N-dealkylation sites (tertiary alicyclic amines) is 1. The molecule has 0 aromatic carbocycles. The van der Waals surface area contributed by atoms with Gasteiger partial charge >= 0.3 is 0 Å². The Kier molecular flexibility index (Phi) is 6.26. The second-order valence-electron chi connectivity index (χ2n) is 7.40. The molecule has 3 heterocycles. The molecular weight excluding hydrogens is 383 g/mol. The number of alkyl halides is 1. The monoisotopic (exact) mass is 408 g/mol. The largest absolute Gasteiger partial charge is 0.380 e. The molecule has 0 spiro atoms. The van der Waals surface area contributed by atoms with Crippen molar-refractivity contribution < 1.29 is 23.2 Å². The van der Waals surface area contributed by atoms with Crippen LogP contribution in [0.3, 0.4) is 0 Å². The number of nitrogens with one attached hydrogen (secondary N) is 1. The van der Waals surface area contributed by atoms with E-state index >= 15 is 0 Å². The molecule has 0 aliphatic carbocycles. The van der Waals surface area contributed by atoms with Crippen molar-refractivity contribution in [2.45, 2.75) is 58.6 Å². The molecule has 158 valence electrons. The van der Waals surface area contributed by atoms with E-state index in [1.807, 2.05) is 13.8 Å². The first kappa shape index (κ1) is 20.9. The zero-order valence-corrected chi connectivity index (χ0v) is 16.9. The number of hydrogen-bond donors (Lipinski definition) is 1. The number of hydrogen-bond acceptors (Lipinski definition) is 7. The van der Waals surface area contributed by atoms with Crippen molar-refractivity contribution in [2.24, 2.45) is 0 Å². The lowest BCUT2D eigenvalue weighted by Gasteiger charge is -2.23. The van der Waals surface area contributed by atoms with Crippen LogP contribution >= 0.6 is 0 Å². The molecule has 2 amide bonds. The Morgan fingerprint density at radius 2 is 2.21 bits per heavy atom. The van der Waals surface area contributed by atoms with Crippen LogP contribution in [-0.2, 0) is 17.9 Å². The Labute approximate surface area is 167 Å². The molecule has 1 aliphatic heterocycles. The summed E-state index contributed by atoms with van der Waals surface area (Å²) in [5.74, 6) is -0.270. The van der Waals surface area contributed by atoms with Gasteiger partial charge in [0.1, 0.15) is 11.9 Å². The highest BCUT2D eigenvalue weighted by Gasteiger charge is 2.38. The number of carbonyl (C=O) groups excluding carboxylic acids is 2. The van der Waals surface area contributed by atoms with E-state index in [2.05, 4.69) is 20.8 Å². The third kappa shape index (κ3) is 4.61. The summed E-state index contributed by atoms with van der Waals surface area (Å²) in [6.45, 7) is 5.72. The fourth-order valence-electron chi connectivity index (χ4n) is 3.33. The summed E-state index contributed by atoms with van der Waals surface area (Å²) in [4.78, 5) is 26.5. The van der Waals surface area contributed by atoms with Crippen molar-refractivity contribution in [3.05, 3.63) is 28.9 Å². The summed E-state index contributed by atoms with van der Waals surface area (Å²) < 4.78 is 25.8. The smallest absolute Gasteiger partial charge is 0.276 e. The average molecular weight is 408 g/mol. The summed E-state index contributed by atoms with van der Waals surface area (Å²) in [6.07, 6.45) is 0.494. The Morgan fingerprint density at radius 3 is 2.90 bits per heavy atom. The van der Waals surface area contributed by atoms with Gasteiger partial charge in [0.05, 0.1) is 37.5 Å². The molecule has 0 saturated carbocycles. The summed E-state index contributed by atoms with van der Waals surface area (Å²) in [5, 5.41) is 14.4. The van der Waals surface area contributed by atoms with Gasteiger partial charge in [-0.3, -0.25) is 9.59 Å². The van der Waals surface area contributed by atoms with Crippen molar-refractivity contribution in [1.29, 1.82) is 0 Å². The van der Waals surface area contributed by atoms with Crippen LogP contribution in [0.25, 0.3) is 0 Å². The quantitative estimate of drug-likeness (QED) is 0.730. The number of rotatable bonds is 7. The Balaban J connectivity index is 1.75. The molecule has 2 aromatic rings. The van der Waals surface area contributed by atoms with Crippen molar-refractivity contribution in [2.75, 3.05) is 13.7 Å². The normalized spacial score (nSPS) is 19.2. The standard InChI is InChI=1S/C18H25FN6O4/c1-10(2)20-17(26)15-8-24(23-21-15)7-13-5-12(19)6-25(13)18(27)16-14(9-28-4)11(3)29-22-16/h8,10,12-13H,5-7,9H2,1-4H3,(H,20,26)/t12-,13-/m0/s1. The molecule has 11 heteroatoms. The molecule has 1 saturated heterocycles. The molecule has 29 heavy (non-hydrogen) atoms. The van der Waals surface area contributed by atoms with Gasteiger partial charge in [-0.15, -0.1) is 5.10 Å². The highest BCUT2D eigenvalue weighted by Crippen LogP contribution is 2.26. The Hall–Kier alpha value is -2.82. The average Bonchev–Trinajstić information content (AvgIpc) is 3.35. The fourth-order valence-corrected chi connectivity index (χ4v) is 3.33. The van der Waals surface area contributed by atoms with Crippen LogP contribution < -0.4 is 5.32 Å². The maximum atomic E-state index is 14.2. The molecule has 1 fully saturated rings. The second-order valence-corrected chi connectivity index (χ2v) is 7.40. The van der Waals surface area contributed by atoms with Crippen LogP contribution in [0.15, 0.2) is 10.7 Å². The lowest BCUT2D eigenvalue weighted by molar-refractivity contribution is 0.0699. The van der Waals surface area contributed by atoms with E-state index < -0.39 is 18.1 Å². The number of aryl methyl sites for hydroxylation is 1. The minimum atomic E-state index is -1.16. The fraction of sp³-hybridized carbons (Fsp3) is 0.611. The van der Waals surface area contributed by atoms with Gasteiger partial charge in [-0.25, -0.2) is 9.07 Å². The maximum absolute atomic E-state index is 14.2. The third-order valence-electron chi connectivity index (χ3n) is 4.69. The number of nitrogens with zero attached hydrogens (tertiary/aromatic N) is 5. The van der Waals surface area contributed by atoms with E-state index in [-0.39, 0.29) is 49.5 Å². The van der Waals surface area contributed by atoms with Crippen LogP contribution in [0.4, 0.5) is 4.39 Å². The molecular formula is C18H25FN6O4. The molecule has 1 aliphatic rings. The second kappa shape index (κ2) is 8.68. The summed E-state index contributed by atoms with van der Waals surface area (Å²) in [7, 11) is 1.51.